The number of aromatic nitrogens is 1. The molecule has 0 aliphatic heterocycles. The molecule has 4 aromatic rings. The lowest BCUT2D eigenvalue weighted by molar-refractivity contribution is 0.0951. The van der Waals surface area contributed by atoms with Gasteiger partial charge < -0.3 is 10.3 Å². The van der Waals surface area contributed by atoms with Gasteiger partial charge in [-0.15, -0.1) is 0 Å². The van der Waals surface area contributed by atoms with Crippen LogP contribution in [0, 0.1) is 6.92 Å². The van der Waals surface area contributed by atoms with Gasteiger partial charge in [0.25, 0.3) is 5.91 Å². The van der Waals surface area contributed by atoms with Crippen LogP contribution >= 0.6 is 0 Å². The first-order valence-electron chi connectivity index (χ1n) is 10.9. The number of fused-ring (bicyclic) bond motifs is 1. The molecular weight excluding hydrogens is 434 g/mol. The molecule has 0 fully saturated rings. The number of aryl methyl sites for hydroxylation is 1. The summed E-state index contributed by atoms with van der Waals surface area (Å²) in [5.41, 5.74) is 4.28. The predicted molar refractivity (Wildman–Crippen MR) is 131 cm³/mol. The normalized spacial score (nSPS) is 12.5. The summed E-state index contributed by atoms with van der Waals surface area (Å²) in [4.78, 5) is 16.5. The van der Waals surface area contributed by atoms with E-state index in [2.05, 4.69) is 21.1 Å². The number of carbonyl (C=O) groups is 1. The third-order valence-corrected chi connectivity index (χ3v) is 7.31. The summed E-state index contributed by atoms with van der Waals surface area (Å²) in [6.07, 6.45) is 1.99. The summed E-state index contributed by atoms with van der Waals surface area (Å²) in [6.45, 7) is 4.16. The maximum absolute atomic E-state index is 13.1. The van der Waals surface area contributed by atoms with Crippen LogP contribution in [0.3, 0.4) is 0 Å². The SMILES string of the molecule is CCNS(=O)(=O)c1ccc(C)c(C(=O)NCC(c2ccccc2)c2c[nH]c3ccccc23)c1. The molecule has 0 spiro atoms. The van der Waals surface area contributed by atoms with Gasteiger partial charge in [-0.05, 0) is 41.8 Å². The van der Waals surface area contributed by atoms with E-state index in [1.807, 2.05) is 54.7 Å². The average molecular weight is 462 g/mol. The van der Waals surface area contributed by atoms with Crippen molar-refractivity contribution in [1.29, 1.82) is 0 Å². The fourth-order valence-corrected chi connectivity index (χ4v) is 5.12. The van der Waals surface area contributed by atoms with Crippen molar-refractivity contribution in [3.63, 3.8) is 0 Å². The average Bonchev–Trinajstić information content (AvgIpc) is 3.24. The van der Waals surface area contributed by atoms with Crippen LogP contribution in [0.4, 0.5) is 0 Å². The number of nitrogens with one attached hydrogen (secondary N) is 3. The Morgan fingerprint density at radius 3 is 2.48 bits per heavy atom. The Bertz CT molecular complexity index is 1380. The van der Waals surface area contributed by atoms with E-state index in [1.54, 1.807) is 19.9 Å². The van der Waals surface area contributed by atoms with E-state index in [9.17, 15) is 13.2 Å². The minimum absolute atomic E-state index is 0.0692. The third kappa shape index (κ3) is 4.84. The summed E-state index contributed by atoms with van der Waals surface area (Å²) in [6, 6.07) is 22.7. The number of benzene rings is 3. The highest BCUT2D eigenvalue weighted by Crippen LogP contribution is 2.30. The summed E-state index contributed by atoms with van der Waals surface area (Å²) in [5, 5.41) is 4.14. The molecule has 33 heavy (non-hydrogen) atoms. The third-order valence-electron chi connectivity index (χ3n) is 5.76. The minimum Gasteiger partial charge on any atom is -0.361 e. The zero-order valence-corrected chi connectivity index (χ0v) is 19.4. The molecule has 1 atom stereocenters. The number of hydrogen-bond acceptors (Lipinski definition) is 3. The molecule has 0 radical (unpaired) electrons. The highest BCUT2D eigenvalue weighted by molar-refractivity contribution is 7.89. The monoisotopic (exact) mass is 461 g/mol. The van der Waals surface area contributed by atoms with E-state index in [1.165, 1.54) is 12.1 Å². The standard InChI is InChI=1S/C26H27N3O3S/c1-3-29-33(31,32)20-14-13-18(2)22(15-20)26(30)28-16-23(19-9-5-4-6-10-19)24-17-27-25-12-8-7-11-21(24)25/h4-15,17,23,27,29H,3,16H2,1-2H3,(H,28,30). The number of para-hydroxylation sites is 1. The zero-order valence-electron chi connectivity index (χ0n) is 18.6. The van der Waals surface area contributed by atoms with E-state index in [0.29, 0.717) is 17.7 Å². The summed E-state index contributed by atoms with van der Waals surface area (Å²) >= 11 is 0. The molecule has 0 aliphatic rings. The van der Waals surface area contributed by atoms with Crippen LogP contribution in [0.15, 0.2) is 83.9 Å². The van der Waals surface area contributed by atoms with Crippen LogP contribution in [-0.2, 0) is 10.0 Å². The van der Waals surface area contributed by atoms with Crippen molar-refractivity contribution < 1.29 is 13.2 Å². The molecule has 3 N–H and O–H groups in total. The van der Waals surface area contributed by atoms with Crippen molar-refractivity contribution in [3.05, 3.63) is 101 Å². The number of rotatable bonds is 8. The number of hydrogen-bond donors (Lipinski definition) is 3. The molecule has 7 heteroatoms. The maximum Gasteiger partial charge on any atom is 0.251 e. The quantitative estimate of drug-likeness (QED) is 0.365. The largest absolute Gasteiger partial charge is 0.361 e. The number of carbonyl (C=O) groups excluding carboxylic acids is 1. The Hall–Kier alpha value is -3.42. The zero-order chi connectivity index (χ0) is 23.4. The lowest BCUT2D eigenvalue weighted by atomic mass is 9.91. The second-order valence-corrected chi connectivity index (χ2v) is 9.71. The molecule has 6 nitrogen and oxygen atoms in total. The summed E-state index contributed by atoms with van der Waals surface area (Å²) in [5.74, 6) is -0.373. The van der Waals surface area contributed by atoms with Crippen LogP contribution in [0.2, 0.25) is 0 Å². The van der Waals surface area contributed by atoms with Crippen molar-refractivity contribution in [2.45, 2.75) is 24.7 Å². The molecule has 1 aromatic heterocycles. The molecule has 4 rings (SSSR count). The van der Waals surface area contributed by atoms with Gasteiger partial charge in [0.05, 0.1) is 4.90 Å². The molecule has 0 aliphatic carbocycles. The minimum atomic E-state index is -3.65. The first-order valence-corrected chi connectivity index (χ1v) is 12.4. The molecule has 1 heterocycles. The van der Waals surface area contributed by atoms with E-state index >= 15 is 0 Å². The number of aromatic amines is 1. The molecule has 1 amide bonds. The predicted octanol–water partition coefficient (Wildman–Crippen LogP) is 4.34. The van der Waals surface area contributed by atoms with Gasteiger partial charge in [0.15, 0.2) is 0 Å². The molecule has 3 aromatic carbocycles. The Kier molecular flexibility index (Phi) is 6.62. The van der Waals surface area contributed by atoms with Crippen molar-refractivity contribution >= 4 is 26.8 Å². The number of sulfonamides is 1. The fourth-order valence-electron chi connectivity index (χ4n) is 4.05. The Morgan fingerprint density at radius 1 is 1.00 bits per heavy atom. The molecule has 0 bridgehead atoms. The molecule has 1 unspecified atom stereocenters. The lowest BCUT2D eigenvalue weighted by Crippen LogP contribution is -2.30. The van der Waals surface area contributed by atoms with Crippen LogP contribution in [-0.4, -0.2) is 32.4 Å². The van der Waals surface area contributed by atoms with Gasteiger partial charge in [-0.3, -0.25) is 4.79 Å². The fraction of sp³-hybridized carbons (Fsp3) is 0.192. The van der Waals surface area contributed by atoms with Crippen molar-refractivity contribution in [2.24, 2.45) is 0 Å². The van der Waals surface area contributed by atoms with Gasteiger partial charge >= 0.3 is 0 Å². The Labute approximate surface area is 194 Å². The smallest absolute Gasteiger partial charge is 0.251 e. The van der Waals surface area contributed by atoms with E-state index in [0.717, 1.165) is 22.0 Å². The van der Waals surface area contributed by atoms with Gasteiger partial charge in [-0.2, -0.15) is 0 Å². The van der Waals surface area contributed by atoms with Crippen LogP contribution in [0.25, 0.3) is 10.9 Å². The maximum atomic E-state index is 13.1. The molecule has 0 saturated carbocycles. The van der Waals surface area contributed by atoms with Crippen molar-refractivity contribution in [1.82, 2.24) is 15.0 Å². The Balaban J connectivity index is 1.63. The molecule has 170 valence electrons. The van der Waals surface area contributed by atoms with Gasteiger partial charge in [0.2, 0.25) is 10.0 Å². The Morgan fingerprint density at radius 2 is 1.73 bits per heavy atom. The molecular formula is C26H27N3O3S. The second kappa shape index (κ2) is 9.60. The second-order valence-electron chi connectivity index (χ2n) is 7.94. The van der Waals surface area contributed by atoms with Crippen molar-refractivity contribution in [2.75, 3.05) is 13.1 Å². The lowest BCUT2D eigenvalue weighted by Gasteiger charge is -2.19. The van der Waals surface area contributed by atoms with E-state index < -0.39 is 10.0 Å². The van der Waals surface area contributed by atoms with Gasteiger partial charge in [-0.1, -0.05) is 61.5 Å². The first kappa shape index (κ1) is 22.8. The van der Waals surface area contributed by atoms with Gasteiger partial charge in [0, 0.05) is 41.7 Å². The van der Waals surface area contributed by atoms with Crippen LogP contribution in [0.1, 0.15) is 39.9 Å². The van der Waals surface area contributed by atoms with Crippen molar-refractivity contribution in [3.8, 4) is 0 Å². The van der Waals surface area contributed by atoms with Crippen LogP contribution < -0.4 is 10.0 Å². The summed E-state index contributed by atoms with van der Waals surface area (Å²) < 4.78 is 27.3. The highest BCUT2D eigenvalue weighted by atomic mass is 32.2. The molecule has 0 saturated heterocycles. The topological polar surface area (TPSA) is 91.1 Å². The van der Waals surface area contributed by atoms with Gasteiger partial charge in [0.1, 0.15) is 0 Å². The van der Waals surface area contributed by atoms with Crippen LogP contribution in [0.5, 0.6) is 0 Å². The van der Waals surface area contributed by atoms with E-state index in [4.69, 9.17) is 0 Å². The summed E-state index contributed by atoms with van der Waals surface area (Å²) in [7, 11) is -3.65. The number of H-pyrrole nitrogens is 1. The van der Waals surface area contributed by atoms with Gasteiger partial charge in [-0.25, -0.2) is 13.1 Å². The van der Waals surface area contributed by atoms with E-state index in [-0.39, 0.29) is 23.3 Å². The number of amides is 1. The first-order chi connectivity index (χ1) is 15.9. The highest BCUT2D eigenvalue weighted by Gasteiger charge is 2.21.